The summed E-state index contributed by atoms with van der Waals surface area (Å²) in [5.41, 5.74) is 2.41. The minimum Gasteiger partial charge on any atom is -0.439 e. The van der Waals surface area contributed by atoms with Crippen LogP contribution < -0.4 is 0 Å². The van der Waals surface area contributed by atoms with Crippen LogP contribution in [-0.4, -0.2) is 4.98 Å². The van der Waals surface area contributed by atoms with Gasteiger partial charge < -0.3 is 4.42 Å². The Hall–Kier alpha value is -1.28. The van der Waals surface area contributed by atoms with E-state index in [4.69, 9.17) is 16.0 Å². The zero-order chi connectivity index (χ0) is 13.0. The molecular weight excluding hydrogens is 246 g/mol. The molecule has 1 aromatic heterocycles. The molecule has 0 aliphatic rings. The Balaban J connectivity index is 2.12. The second-order valence-electron chi connectivity index (χ2n) is 4.48. The largest absolute Gasteiger partial charge is 0.439 e. The van der Waals surface area contributed by atoms with Gasteiger partial charge in [-0.1, -0.05) is 37.6 Å². The van der Waals surface area contributed by atoms with Crippen molar-refractivity contribution in [2.24, 2.45) is 0 Å². The van der Waals surface area contributed by atoms with Gasteiger partial charge in [0.1, 0.15) is 5.38 Å². The topological polar surface area (TPSA) is 26.0 Å². The van der Waals surface area contributed by atoms with Crippen molar-refractivity contribution in [1.29, 1.82) is 0 Å². The average molecular weight is 264 g/mol. The van der Waals surface area contributed by atoms with Gasteiger partial charge in [-0.3, -0.25) is 0 Å². The SMILES string of the molecule is CCCCc1ccc(-c2cnc([C@@H](C)Cl)o2)cc1. The molecule has 0 aliphatic carbocycles. The third-order valence-corrected chi connectivity index (χ3v) is 3.11. The minimum absolute atomic E-state index is 0.192. The van der Waals surface area contributed by atoms with Crippen molar-refractivity contribution in [3.05, 3.63) is 41.9 Å². The Kier molecular flexibility index (Phi) is 4.43. The summed E-state index contributed by atoms with van der Waals surface area (Å²) in [7, 11) is 0. The van der Waals surface area contributed by atoms with E-state index in [1.54, 1.807) is 6.20 Å². The smallest absolute Gasteiger partial charge is 0.212 e. The normalized spacial score (nSPS) is 12.6. The fraction of sp³-hybridized carbons (Fsp3) is 0.400. The molecule has 1 heterocycles. The molecular formula is C15H18ClNO. The number of oxazole rings is 1. The van der Waals surface area contributed by atoms with E-state index in [1.807, 2.05) is 6.92 Å². The molecule has 96 valence electrons. The second-order valence-corrected chi connectivity index (χ2v) is 5.13. The monoisotopic (exact) mass is 263 g/mol. The maximum Gasteiger partial charge on any atom is 0.212 e. The lowest BCUT2D eigenvalue weighted by molar-refractivity contribution is 0.508. The molecule has 3 heteroatoms. The van der Waals surface area contributed by atoms with Crippen LogP contribution in [0.3, 0.4) is 0 Å². The Morgan fingerprint density at radius 1 is 1.28 bits per heavy atom. The molecule has 2 nitrogen and oxygen atoms in total. The van der Waals surface area contributed by atoms with E-state index in [1.165, 1.54) is 18.4 Å². The van der Waals surface area contributed by atoms with E-state index in [0.29, 0.717) is 5.89 Å². The van der Waals surface area contributed by atoms with Crippen molar-refractivity contribution in [3.63, 3.8) is 0 Å². The molecule has 0 fully saturated rings. The summed E-state index contributed by atoms with van der Waals surface area (Å²) in [6, 6.07) is 8.46. The van der Waals surface area contributed by atoms with Crippen LogP contribution >= 0.6 is 11.6 Å². The molecule has 0 saturated carbocycles. The lowest BCUT2D eigenvalue weighted by atomic mass is 10.1. The van der Waals surface area contributed by atoms with Gasteiger partial charge in [0, 0.05) is 5.56 Å². The fourth-order valence-electron chi connectivity index (χ4n) is 1.82. The van der Waals surface area contributed by atoms with E-state index in [9.17, 15) is 0 Å². The third kappa shape index (κ3) is 3.14. The first-order chi connectivity index (χ1) is 8.70. The van der Waals surface area contributed by atoms with Gasteiger partial charge in [-0.2, -0.15) is 0 Å². The fourth-order valence-corrected chi connectivity index (χ4v) is 1.92. The zero-order valence-electron chi connectivity index (χ0n) is 10.8. The first-order valence-electron chi connectivity index (χ1n) is 6.39. The molecule has 0 radical (unpaired) electrons. The summed E-state index contributed by atoms with van der Waals surface area (Å²) < 4.78 is 5.61. The molecule has 0 unspecified atom stereocenters. The van der Waals surface area contributed by atoms with Crippen LogP contribution in [0.25, 0.3) is 11.3 Å². The molecule has 1 atom stereocenters. The van der Waals surface area contributed by atoms with E-state index in [2.05, 4.69) is 36.2 Å². The molecule has 0 spiro atoms. The van der Waals surface area contributed by atoms with Crippen molar-refractivity contribution in [3.8, 4) is 11.3 Å². The van der Waals surface area contributed by atoms with Gasteiger partial charge in [-0.25, -0.2) is 4.98 Å². The van der Waals surface area contributed by atoms with E-state index >= 15 is 0 Å². The van der Waals surface area contributed by atoms with E-state index < -0.39 is 0 Å². The number of rotatable bonds is 5. The average Bonchev–Trinajstić information content (AvgIpc) is 2.87. The van der Waals surface area contributed by atoms with Crippen molar-refractivity contribution < 1.29 is 4.42 Å². The van der Waals surface area contributed by atoms with Gasteiger partial charge in [0.2, 0.25) is 5.89 Å². The predicted octanol–water partition coefficient (Wildman–Crippen LogP) is 4.98. The van der Waals surface area contributed by atoms with Gasteiger partial charge in [-0.05, 0) is 25.3 Å². The van der Waals surface area contributed by atoms with Crippen molar-refractivity contribution in [2.75, 3.05) is 0 Å². The molecule has 0 bridgehead atoms. The summed E-state index contributed by atoms with van der Waals surface area (Å²) in [5.74, 6) is 1.35. The maximum absolute atomic E-state index is 5.93. The highest BCUT2D eigenvalue weighted by atomic mass is 35.5. The van der Waals surface area contributed by atoms with Crippen LogP contribution in [0, 0.1) is 0 Å². The molecule has 1 aromatic carbocycles. The summed E-state index contributed by atoms with van der Waals surface area (Å²) in [4.78, 5) is 4.17. The number of aryl methyl sites for hydroxylation is 1. The Morgan fingerprint density at radius 2 is 2.00 bits per heavy atom. The number of nitrogens with zero attached hydrogens (tertiary/aromatic N) is 1. The molecule has 2 rings (SSSR count). The van der Waals surface area contributed by atoms with Crippen LogP contribution in [0.5, 0.6) is 0 Å². The molecule has 18 heavy (non-hydrogen) atoms. The maximum atomic E-state index is 5.93. The van der Waals surface area contributed by atoms with Crippen molar-refractivity contribution >= 4 is 11.6 Å². The number of halogens is 1. The van der Waals surface area contributed by atoms with Gasteiger partial charge in [-0.15, -0.1) is 11.6 Å². The number of unbranched alkanes of at least 4 members (excludes halogenated alkanes) is 1. The highest BCUT2D eigenvalue weighted by Gasteiger charge is 2.10. The summed E-state index contributed by atoms with van der Waals surface area (Å²) in [6.45, 7) is 4.06. The van der Waals surface area contributed by atoms with Crippen molar-refractivity contribution in [1.82, 2.24) is 4.98 Å². The molecule has 0 saturated heterocycles. The number of aromatic nitrogens is 1. The van der Waals surface area contributed by atoms with Gasteiger partial charge in [0.25, 0.3) is 0 Å². The number of alkyl halides is 1. The quantitative estimate of drug-likeness (QED) is 0.711. The zero-order valence-corrected chi connectivity index (χ0v) is 11.6. The first kappa shape index (κ1) is 13.2. The lowest BCUT2D eigenvalue weighted by Crippen LogP contribution is -1.84. The lowest BCUT2D eigenvalue weighted by Gasteiger charge is -2.01. The van der Waals surface area contributed by atoms with Gasteiger partial charge in [0.05, 0.1) is 6.20 Å². The van der Waals surface area contributed by atoms with Crippen LogP contribution in [0.4, 0.5) is 0 Å². The molecule has 0 amide bonds. The van der Waals surface area contributed by atoms with E-state index in [0.717, 1.165) is 17.7 Å². The van der Waals surface area contributed by atoms with Crippen LogP contribution in [0.1, 0.15) is 43.5 Å². The molecule has 0 aliphatic heterocycles. The minimum atomic E-state index is -0.192. The predicted molar refractivity (Wildman–Crippen MR) is 74.8 cm³/mol. The van der Waals surface area contributed by atoms with Gasteiger partial charge in [0.15, 0.2) is 5.76 Å². The van der Waals surface area contributed by atoms with Crippen LogP contribution in [0.2, 0.25) is 0 Å². The van der Waals surface area contributed by atoms with Gasteiger partial charge >= 0.3 is 0 Å². The van der Waals surface area contributed by atoms with Crippen molar-refractivity contribution in [2.45, 2.75) is 38.5 Å². The van der Waals surface area contributed by atoms with Crippen LogP contribution in [-0.2, 0) is 6.42 Å². The Morgan fingerprint density at radius 3 is 2.56 bits per heavy atom. The number of hydrogen-bond donors (Lipinski definition) is 0. The second kappa shape index (κ2) is 6.05. The highest BCUT2D eigenvalue weighted by molar-refractivity contribution is 6.20. The summed E-state index contributed by atoms with van der Waals surface area (Å²) >= 11 is 5.93. The molecule has 2 aromatic rings. The number of hydrogen-bond acceptors (Lipinski definition) is 2. The highest BCUT2D eigenvalue weighted by Crippen LogP contribution is 2.25. The Labute approximate surface area is 113 Å². The molecule has 0 N–H and O–H groups in total. The third-order valence-electron chi connectivity index (χ3n) is 2.92. The summed E-state index contributed by atoms with van der Waals surface area (Å²) in [6.07, 6.45) is 5.32. The summed E-state index contributed by atoms with van der Waals surface area (Å²) in [5, 5.41) is -0.192. The van der Waals surface area contributed by atoms with Crippen LogP contribution in [0.15, 0.2) is 34.9 Å². The van der Waals surface area contributed by atoms with E-state index in [-0.39, 0.29) is 5.38 Å². The number of benzene rings is 1. The standard InChI is InChI=1S/C15H18ClNO/c1-3-4-5-12-6-8-13(9-7-12)14-10-17-15(18-14)11(2)16/h6-11H,3-5H2,1-2H3/t11-/m1/s1. The Bertz CT molecular complexity index is 487. The first-order valence-corrected chi connectivity index (χ1v) is 6.83.